The number of aromatic carboxylic acids is 1. The summed E-state index contributed by atoms with van der Waals surface area (Å²) in [5.41, 5.74) is 3.33. The number of hydrogen-bond donors (Lipinski definition) is 2. The Bertz CT molecular complexity index is 983. The largest absolute Gasteiger partial charge is 0.478 e. The van der Waals surface area contributed by atoms with E-state index in [1.54, 1.807) is 18.2 Å². The molecular formula is C24H29ClN4O3. The maximum absolute atomic E-state index is 11.4. The zero-order chi connectivity index (χ0) is 22.5. The van der Waals surface area contributed by atoms with E-state index in [0.717, 1.165) is 62.3 Å². The van der Waals surface area contributed by atoms with Crippen LogP contribution in [0.4, 0.5) is 11.4 Å². The Kier molecular flexibility index (Phi) is 7.17. The molecule has 8 heteroatoms. The average molecular weight is 457 g/mol. The second kappa shape index (κ2) is 10.2. The molecule has 0 unspecified atom stereocenters. The van der Waals surface area contributed by atoms with Crippen molar-refractivity contribution >= 4 is 34.9 Å². The number of halogens is 1. The fourth-order valence-electron chi connectivity index (χ4n) is 4.14. The Morgan fingerprint density at radius 2 is 2.03 bits per heavy atom. The molecule has 1 atom stereocenters. The Balaban J connectivity index is 1.48. The summed E-state index contributed by atoms with van der Waals surface area (Å²) in [6.07, 6.45) is 2.24. The number of carboxylic acids is 1. The fourth-order valence-corrected chi connectivity index (χ4v) is 4.30. The number of piperazine rings is 1. The number of rotatable bonds is 5. The van der Waals surface area contributed by atoms with E-state index in [1.165, 1.54) is 5.56 Å². The van der Waals surface area contributed by atoms with Crippen LogP contribution in [0.25, 0.3) is 0 Å². The number of carbonyl (C=O) groups is 1. The molecule has 2 heterocycles. The third kappa shape index (κ3) is 5.53. The number of nitrogens with zero attached hydrogens (tertiary/aromatic N) is 3. The number of anilines is 2. The van der Waals surface area contributed by atoms with E-state index in [0.29, 0.717) is 12.2 Å². The molecule has 2 N–H and O–H groups in total. The van der Waals surface area contributed by atoms with Gasteiger partial charge in [0, 0.05) is 49.2 Å². The first kappa shape index (κ1) is 22.4. The summed E-state index contributed by atoms with van der Waals surface area (Å²) >= 11 is 6.22. The predicted octanol–water partition coefficient (Wildman–Crippen LogP) is 4.12. The maximum Gasteiger partial charge on any atom is 0.335 e. The van der Waals surface area contributed by atoms with E-state index in [-0.39, 0.29) is 11.7 Å². The van der Waals surface area contributed by atoms with Crippen molar-refractivity contribution in [3.05, 3.63) is 58.6 Å². The minimum absolute atomic E-state index is 0.146. The van der Waals surface area contributed by atoms with Crippen molar-refractivity contribution in [1.82, 2.24) is 4.90 Å². The number of hydrogen-bond acceptors (Lipinski definition) is 4. The molecule has 0 bridgehead atoms. The van der Waals surface area contributed by atoms with Crippen LogP contribution in [0.15, 0.2) is 47.5 Å². The van der Waals surface area contributed by atoms with Crippen LogP contribution in [-0.4, -0.2) is 67.4 Å². The first-order chi connectivity index (χ1) is 15.5. The van der Waals surface area contributed by atoms with Gasteiger partial charge in [0.05, 0.1) is 18.2 Å². The monoisotopic (exact) mass is 456 g/mol. The van der Waals surface area contributed by atoms with Crippen molar-refractivity contribution in [2.24, 2.45) is 4.99 Å². The van der Waals surface area contributed by atoms with E-state index in [1.807, 2.05) is 18.2 Å². The molecule has 2 aromatic rings. The molecule has 2 fully saturated rings. The summed E-state index contributed by atoms with van der Waals surface area (Å²) in [6.45, 7) is 6.76. The van der Waals surface area contributed by atoms with Crippen molar-refractivity contribution in [2.45, 2.75) is 25.9 Å². The molecule has 0 spiro atoms. The van der Waals surface area contributed by atoms with Gasteiger partial charge in [0.15, 0.2) is 5.96 Å². The minimum Gasteiger partial charge on any atom is -0.478 e. The lowest BCUT2D eigenvalue weighted by Crippen LogP contribution is -2.51. The molecule has 2 saturated heterocycles. The normalized spacial score (nSPS) is 19.3. The maximum atomic E-state index is 11.4. The van der Waals surface area contributed by atoms with Crippen LogP contribution in [0.1, 0.15) is 28.8 Å². The van der Waals surface area contributed by atoms with Crippen LogP contribution in [0, 0.1) is 6.92 Å². The van der Waals surface area contributed by atoms with E-state index in [2.05, 4.69) is 28.1 Å². The van der Waals surface area contributed by atoms with E-state index >= 15 is 0 Å². The smallest absolute Gasteiger partial charge is 0.335 e. The number of ether oxygens (including phenoxy) is 1. The SMILES string of the molecule is Cc1ccc(Cl)cc1N1CCN(C(=NC[C@H]2CCCO2)Nc2cccc(C(=O)O)c2)CC1. The topological polar surface area (TPSA) is 77.4 Å². The third-order valence-electron chi connectivity index (χ3n) is 5.93. The van der Waals surface area contributed by atoms with Gasteiger partial charge >= 0.3 is 5.97 Å². The molecule has 0 saturated carbocycles. The number of aliphatic imine (C=N–C) groups is 1. The van der Waals surface area contributed by atoms with Gasteiger partial charge in [0.25, 0.3) is 0 Å². The summed E-state index contributed by atoms with van der Waals surface area (Å²) in [5.74, 6) is -0.192. The molecule has 0 aromatic heterocycles. The lowest BCUT2D eigenvalue weighted by molar-refractivity contribution is 0.0697. The van der Waals surface area contributed by atoms with E-state index in [9.17, 15) is 9.90 Å². The van der Waals surface area contributed by atoms with Crippen LogP contribution in [-0.2, 0) is 4.74 Å². The van der Waals surface area contributed by atoms with E-state index < -0.39 is 5.97 Å². The van der Waals surface area contributed by atoms with Crippen molar-refractivity contribution in [2.75, 3.05) is 49.5 Å². The van der Waals surface area contributed by atoms with Gasteiger partial charge in [-0.2, -0.15) is 0 Å². The number of nitrogens with one attached hydrogen (secondary N) is 1. The highest BCUT2D eigenvalue weighted by molar-refractivity contribution is 6.30. The molecule has 4 rings (SSSR count). The van der Waals surface area contributed by atoms with Crippen molar-refractivity contribution in [3.63, 3.8) is 0 Å². The van der Waals surface area contributed by atoms with Crippen LogP contribution >= 0.6 is 11.6 Å². The highest BCUT2D eigenvalue weighted by atomic mass is 35.5. The van der Waals surface area contributed by atoms with Crippen LogP contribution in [0.5, 0.6) is 0 Å². The Morgan fingerprint density at radius 3 is 2.75 bits per heavy atom. The molecule has 7 nitrogen and oxygen atoms in total. The molecule has 170 valence electrons. The molecule has 0 amide bonds. The van der Waals surface area contributed by atoms with Crippen LogP contribution in [0.3, 0.4) is 0 Å². The van der Waals surface area contributed by atoms with Crippen molar-refractivity contribution < 1.29 is 14.6 Å². The highest BCUT2D eigenvalue weighted by Crippen LogP contribution is 2.25. The quantitative estimate of drug-likeness (QED) is 0.520. The van der Waals surface area contributed by atoms with Gasteiger partial charge in [-0.25, -0.2) is 4.79 Å². The predicted molar refractivity (Wildman–Crippen MR) is 128 cm³/mol. The lowest BCUT2D eigenvalue weighted by atomic mass is 10.1. The number of guanidine groups is 1. The molecular weight excluding hydrogens is 428 g/mol. The van der Waals surface area contributed by atoms with Crippen molar-refractivity contribution in [3.8, 4) is 0 Å². The van der Waals surface area contributed by atoms with Crippen LogP contribution < -0.4 is 10.2 Å². The minimum atomic E-state index is -0.947. The molecule has 2 aliphatic heterocycles. The Morgan fingerprint density at radius 1 is 1.22 bits per heavy atom. The molecule has 2 aliphatic rings. The zero-order valence-corrected chi connectivity index (χ0v) is 19.0. The van der Waals surface area contributed by atoms with Crippen LogP contribution in [0.2, 0.25) is 5.02 Å². The lowest BCUT2D eigenvalue weighted by Gasteiger charge is -2.38. The summed E-state index contributed by atoms with van der Waals surface area (Å²) in [4.78, 5) is 20.8. The second-order valence-corrected chi connectivity index (χ2v) is 8.65. The second-order valence-electron chi connectivity index (χ2n) is 8.22. The van der Waals surface area contributed by atoms with E-state index in [4.69, 9.17) is 21.3 Å². The molecule has 32 heavy (non-hydrogen) atoms. The zero-order valence-electron chi connectivity index (χ0n) is 18.3. The Labute approximate surface area is 193 Å². The molecule has 0 radical (unpaired) electrons. The summed E-state index contributed by atoms with van der Waals surface area (Å²) in [5, 5.41) is 13.4. The number of benzene rings is 2. The van der Waals surface area contributed by atoms with Gasteiger partial charge < -0.3 is 25.0 Å². The standard InChI is InChI=1S/C24H29ClN4O3/c1-17-7-8-19(25)15-22(17)28-9-11-29(12-10-28)24(26-16-21-6-3-13-32-21)27-20-5-2-4-18(14-20)23(30)31/h2,4-5,7-8,14-15,21H,3,6,9-13,16H2,1H3,(H,26,27)(H,30,31)/t21-/m1/s1. The van der Waals surface area contributed by atoms with Gasteiger partial charge in [-0.05, 0) is 55.7 Å². The fraction of sp³-hybridized carbons (Fsp3) is 0.417. The Hall–Kier alpha value is -2.77. The summed E-state index contributed by atoms with van der Waals surface area (Å²) in [7, 11) is 0. The van der Waals surface area contributed by atoms with Gasteiger partial charge in [-0.15, -0.1) is 0 Å². The molecule has 0 aliphatic carbocycles. The van der Waals surface area contributed by atoms with Gasteiger partial charge in [-0.3, -0.25) is 4.99 Å². The van der Waals surface area contributed by atoms with Gasteiger partial charge in [0.2, 0.25) is 0 Å². The summed E-state index contributed by atoms with van der Waals surface area (Å²) < 4.78 is 5.74. The number of aryl methyl sites for hydroxylation is 1. The highest BCUT2D eigenvalue weighted by Gasteiger charge is 2.23. The molecule has 2 aromatic carbocycles. The third-order valence-corrected chi connectivity index (χ3v) is 6.16. The first-order valence-corrected chi connectivity index (χ1v) is 11.4. The average Bonchev–Trinajstić information content (AvgIpc) is 3.32. The summed E-state index contributed by atoms with van der Waals surface area (Å²) in [6, 6.07) is 12.8. The number of carboxylic acid groups (broad SMARTS) is 1. The van der Waals surface area contributed by atoms with Gasteiger partial charge in [-0.1, -0.05) is 23.7 Å². The van der Waals surface area contributed by atoms with Crippen molar-refractivity contribution in [1.29, 1.82) is 0 Å². The first-order valence-electron chi connectivity index (χ1n) is 11.0. The van der Waals surface area contributed by atoms with Gasteiger partial charge in [0.1, 0.15) is 0 Å².